The molecular formula is C8H16ClP. The van der Waals surface area contributed by atoms with Crippen molar-refractivity contribution in [3.8, 4) is 0 Å². The van der Waals surface area contributed by atoms with Gasteiger partial charge in [-0.2, -0.15) is 0 Å². The van der Waals surface area contributed by atoms with Gasteiger partial charge in [0.15, 0.2) is 0 Å². The van der Waals surface area contributed by atoms with Gasteiger partial charge in [0.05, 0.1) is 18.5 Å². The summed E-state index contributed by atoms with van der Waals surface area (Å²) in [5.74, 6) is 0. The van der Waals surface area contributed by atoms with E-state index in [4.69, 9.17) is 0 Å². The lowest BCUT2D eigenvalue weighted by Gasteiger charge is -2.12. The first-order valence-corrected chi connectivity index (χ1v) is 6.50. The van der Waals surface area contributed by atoms with Crippen LogP contribution in [0.2, 0.25) is 0 Å². The van der Waals surface area contributed by atoms with Crippen LogP contribution in [0, 0.1) is 0 Å². The molecule has 0 saturated carbocycles. The molecule has 1 saturated heterocycles. The summed E-state index contributed by atoms with van der Waals surface area (Å²) in [7, 11) is -0.438. The Kier molecular flexibility index (Phi) is 4.56. The highest BCUT2D eigenvalue weighted by Gasteiger charge is 2.33. The average Bonchev–Trinajstić information content (AvgIpc) is 2.16. The molecule has 0 spiro atoms. The van der Waals surface area contributed by atoms with E-state index in [2.05, 4.69) is 19.3 Å². The predicted molar refractivity (Wildman–Crippen MR) is 46.9 cm³/mol. The first-order chi connectivity index (χ1) is 4.27. The van der Waals surface area contributed by atoms with Crippen LogP contribution in [0.1, 0.15) is 12.8 Å². The molecule has 0 unspecified atom stereocenters. The molecule has 60 valence electrons. The van der Waals surface area contributed by atoms with Crippen LogP contribution >= 0.6 is 7.26 Å². The molecule has 1 aliphatic heterocycles. The second-order valence-corrected chi connectivity index (χ2v) is 7.74. The van der Waals surface area contributed by atoms with Crippen LogP contribution < -0.4 is 12.4 Å². The minimum atomic E-state index is -0.438. The average molecular weight is 179 g/mol. The van der Waals surface area contributed by atoms with Gasteiger partial charge in [0.2, 0.25) is 0 Å². The van der Waals surface area contributed by atoms with E-state index in [9.17, 15) is 0 Å². The monoisotopic (exact) mass is 178 g/mol. The third kappa shape index (κ3) is 2.60. The summed E-state index contributed by atoms with van der Waals surface area (Å²) in [5.41, 5.74) is 0. The molecule has 0 nitrogen and oxygen atoms in total. The molecule has 1 rings (SSSR count). The highest BCUT2D eigenvalue weighted by molar-refractivity contribution is 7.75. The van der Waals surface area contributed by atoms with Crippen LogP contribution in [-0.4, -0.2) is 25.2 Å². The molecule has 10 heavy (non-hydrogen) atoms. The van der Waals surface area contributed by atoms with Crippen molar-refractivity contribution >= 4 is 7.26 Å². The van der Waals surface area contributed by atoms with Gasteiger partial charge in [0, 0.05) is 13.9 Å². The van der Waals surface area contributed by atoms with Crippen molar-refractivity contribution in [3.63, 3.8) is 0 Å². The number of rotatable bonds is 2. The smallest absolute Gasteiger partial charge is 0.0768 e. The Morgan fingerprint density at radius 2 is 1.90 bits per heavy atom. The summed E-state index contributed by atoms with van der Waals surface area (Å²) < 4.78 is 0. The lowest BCUT2D eigenvalue weighted by Crippen LogP contribution is -3.00. The van der Waals surface area contributed by atoms with Crippen molar-refractivity contribution in [2.75, 3.05) is 25.2 Å². The Morgan fingerprint density at radius 3 is 2.30 bits per heavy atom. The lowest BCUT2D eigenvalue weighted by atomic mass is 10.4. The van der Waals surface area contributed by atoms with Crippen molar-refractivity contribution < 1.29 is 12.4 Å². The zero-order chi connectivity index (χ0) is 6.74. The van der Waals surface area contributed by atoms with Gasteiger partial charge in [-0.15, -0.1) is 0 Å². The van der Waals surface area contributed by atoms with Gasteiger partial charge >= 0.3 is 0 Å². The van der Waals surface area contributed by atoms with Gasteiger partial charge in [-0.3, -0.25) is 0 Å². The summed E-state index contributed by atoms with van der Waals surface area (Å²) in [6.45, 7) is 6.28. The number of allylic oxidation sites excluding steroid dienone is 1. The quantitative estimate of drug-likeness (QED) is 0.400. The number of hydrogen-bond donors (Lipinski definition) is 0. The van der Waals surface area contributed by atoms with Crippen molar-refractivity contribution in [1.82, 2.24) is 0 Å². The number of halogens is 1. The minimum absolute atomic E-state index is 0. The Balaban J connectivity index is 0.000000810. The molecule has 0 aliphatic carbocycles. The van der Waals surface area contributed by atoms with Crippen molar-refractivity contribution in [3.05, 3.63) is 12.7 Å². The second kappa shape index (κ2) is 4.36. The predicted octanol–water partition coefficient (Wildman–Crippen LogP) is -0.382. The normalized spacial score (nSPS) is 21.7. The molecule has 1 heterocycles. The Morgan fingerprint density at radius 1 is 1.40 bits per heavy atom. The zero-order valence-electron chi connectivity index (χ0n) is 6.65. The molecule has 0 amide bonds. The van der Waals surface area contributed by atoms with Crippen LogP contribution in [0.5, 0.6) is 0 Å². The fourth-order valence-electron chi connectivity index (χ4n) is 1.59. The first kappa shape index (κ1) is 10.5. The molecular weight excluding hydrogens is 163 g/mol. The van der Waals surface area contributed by atoms with E-state index in [1.54, 1.807) is 0 Å². The van der Waals surface area contributed by atoms with Gasteiger partial charge < -0.3 is 12.4 Å². The molecule has 1 fully saturated rings. The third-order valence-corrected chi connectivity index (χ3v) is 6.15. The van der Waals surface area contributed by atoms with Gasteiger partial charge in [-0.25, -0.2) is 0 Å². The van der Waals surface area contributed by atoms with E-state index in [0.717, 1.165) is 0 Å². The maximum absolute atomic E-state index is 3.80. The van der Waals surface area contributed by atoms with E-state index in [1.165, 1.54) is 31.3 Å². The van der Waals surface area contributed by atoms with Crippen molar-refractivity contribution in [1.29, 1.82) is 0 Å². The highest BCUT2D eigenvalue weighted by atomic mass is 35.5. The van der Waals surface area contributed by atoms with Crippen LogP contribution in [0.15, 0.2) is 12.7 Å². The largest absolute Gasteiger partial charge is 1.00 e. The van der Waals surface area contributed by atoms with Crippen molar-refractivity contribution in [2.45, 2.75) is 12.8 Å². The Hall–Kier alpha value is 0.460. The molecule has 1 aliphatic rings. The first-order valence-electron chi connectivity index (χ1n) is 3.71. The topological polar surface area (TPSA) is 0 Å². The van der Waals surface area contributed by atoms with E-state index >= 15 is 0 Å². The van der Waals surface area contributed by atoms with Gasteiger partial charge in [-0.05, 0) is 12.8 Å². The van der Waals surface area contributed by atoms with Crippen LogP contribution in [0.4, 0.5) is 0 Å². The lowest BCUT2D eigenvalue weighted by molar-refractivity contribution is -0.00000207. The van der Waals surface area contributed by atoms with E-state index in [-0.39, 0.29) is 12.4 Å². The van der Waals surface area contributed by atoms with E-state index in [1.807, 2.05) is 0 Å². The maximum Gasteiger partial charge on any atom is 0.0768 e. The maximum atomic E-state index is 3.80. The van der Waals surface area contributed by atoms with E-state index < -0.39 is 7.26 Å². The SMILES string of the molecule is C=CC[P+]1(C)CCCC1.[Cl-]. The fraction of sp³-hybridized carbons (Fsp3) is 0.750. The summed E-state index contributed by atoms with van der Waals surface area (Å²) >= 11 is 0. The van der Waals surface area contributed by atoms with E-state index in [0.29, 0.717) is 0 Å². The molecule has 0 aromatic rings. The summed E-state index contributed by atoms with van der Waals surface area (Å²) in [4.78, 5) is 0. The minimum Gasteiger partial charge on any atom is -1.00 e. The van der Waals surface area contributed by atoms with Crippen LogP contribution in [-0.2, 0) is 0 Å². The molecule has 0 N–H and O–H groups in total. The Labute approximate surface area is 70.8 Å². The highest BCUT2D eigenvalue weighted by Crippen LogP contribution is 2.60. The standard InChI is InChI=1S/C8H16P.ClH/c1-3-6-9(2)7-4-5-8-9;/h3H,1,4-8H2,2H3;1H/q+1;/p-1. The molecule has 0 bridgehead atoms. The van der Waals surface area contributed by atoms with Crippen LogP contribution in [0.25, 0.3) is 0 Å². The molecule has 0 atom stereocenters. The van der Waals surface area contributed by atoms with Gasteiger partial charge in [0.1, 0.15) is 0 Å². The molecule has 0 aromatic heterocycles. The van der Waals surface area contributed by atoms with Crippen molar-refractivity contribution in [2.24, 2.45) is 0 Å². The second-order valence-electron chi connectivity index (χ2n) is 3.25. The molecule has 0 aromatic carbocycles. The third-order valence-electron chi connectivity index (χ3n) is 2.22. The molecule has 0 radical (unpaired) electrons. The zero-order valence-corrected chi connectivity index (χ0v) is 8.30. The summed E-state index contributed by atoms with van der Waals surface area (Å²) in [6, 6.07) is 0. The van der Waals surface area contributed by atoms with Gasteiger partial charge in [0.25, 0.3) is 0 Å². The molecule has 2 heteroatoms. The Bertz CT molecular complexity index is 106. The fourth-order valence-corrected chi connectivity index (χ4v) is 4.78. The summed E-state index contributed by atoms with van der Waals surface area (Å²) in [5, 5.41) is 0. The van der Waals surface area contributed by atoms with Crippen LogP contribution in [0.3, 0.4) is 0 Å². The summed E-state index contributed by atoms with van der Waals surface area (Å²) in [6.07, 6.45) is 9.46. The number of hydrogen-bond acceptors (Lipinski definition) is 0. The van der Waals surface area contributed by atoms with Gasteiger partial charge in [-0.1, -0.05) is 12.7 Å².